The SMILES string of the molecule is C=C[C@@H]1C[C@]1(NC(=O)[C@@H]1C[C@@]2(CN1C(=O)[C@@H](NC(=O)C(NC(=O)[C@@H]1CCCN1C(C)C)C1CCCCC1)C(C)(C)C)C(C)(C)C21CCC1)C(=O)NS(=O)(=O)c1ccccc1. The number of nitrogens with one attached hydrogen (secondary N) is 4. The standard InChI is InChI=1S/C46H68N6O7S/c1-9-31-26-46(31,41(57)50-60(58,59)32-20-14-11-15-21-32)49-38(54)34-27-45(43(7,8)44(45)23-17-24-44)28-52(34)40(56)36(42(4,5)6)48-39(55)35(30-18-12-10-13-19-30)47-37(53)33-22-16-25-51(33)29(2)3/h9,11,14-15,20-21,29-31,33-36H,1,10,12-13,16-19,22-28H2,2-8H3,(H,47,53)(H,48,55)(H,49,54)(H,50,57)/t31-,33+,34+,35?,36-,45-,46-/m1/s1. The largest absolute Gasteiger partial charge is 0.343 e. The molecule has 0 bridgehead atoms. The molecule has 60 heavy (non-hydrogen) atoms. The summed E-state index contributed by atoms with van der Waals surface area (Å²) in [5.41, 5.74) is -2.88. The molecule has 2 aliphatic heterocycles. The van der Waals surface area contributed by atoms with Gasteiger partial charge in [0.25, 0.3) is 15.9 Å². The fourth-order valence-electron chi connectivity index (χ4n) is 12.1. The Bertz CT molecular complexity index is 1990. The van der Waals surface area contributed by atoms with E-state index in [-0.39, 0.29) is 57.4 Å². The Labute approximate surface area is 357 Å². The van der Waals surface area contributed by atoms with Crippen molar-refractivity contribution in [2.24, 2.45) is 33.5 Å². The second-order valence-electron chi connectivity index (χ2n) is 20.8. The lowest BCUT2D eigenvalue weighted by molar-refractivity contribution is -0.145. The Morgan fingerprint density at radius 1 is 0.850 bits per heavy atom. The highest BCUT2D eigenvalue weighted by atomic mass is 32.2. The van der Waals surface area contributed by atoms with Crippen LogP contribution in [0.25, 0.3) is 0 Å². The van der Waals surface area contributed by atoms with Crippen LogP contribution < -0.4 is 20.7 Å². The first-order valence-corrected chi connectivity index (χ1v) is 23.9. The van der Waals surface area contributed by atoms with Gasteiger partial charge in [0.15, 0.2) is 0 Å². The molecule has 1 unspecified atom stereocenters. The van der Waals surface area contributed by atoms with Gasteiger partial charge in [0.05, 0.1) is 10.9 Å². The van der Waals surface area contributed by atoms with Gasteiger partial charge < -0.3 is 20.9 Å². The molecule has 0 aromatic heterocycles. The Balaban J connectivity index is 1.16. The van der Waals surface area contributed by atoms with Crippen LogP contribution >= 0.6 is 0 Å². The lowest BCUT2D eigenvalue weighted by Crippen LogP contribution is -2.63. The molecule has 4 N–H and O–H groups in total. The third kappa shape index (κ3) is 7.38. The normalized spacial score (nSPS) is 30.6. The van der Waals surface area contributed by atoms with E-state index in [0.717, 1.165) is 70.8 Å². The van der Waals surface area contributed by atoms with Crippen molar-refractivity contribution in [3.63, 3.8) is 0 Å². The molecule has 13 nitrogen and oxygen atoms in total. The number of carbonyl (C=O) groups is 5. The fourth-order valence-corrected chi connectivity index (χ4v) is 13.2. The summed E-state index contributed by atoms with van der Waals surface area (Å²) in [6.07, 6.45) is 11.4. The molecular weight excluding hydrogens is 781 g/mol. The van der Waals surface area contributed by atoms with Crippen molar-refractivity contribution in [2.45, 2.75) is 166 Å². The lowest BCUT2D eigenvalue weighted by atomic mass is 9.73. The molecule has 1 aromatic carbocycles. The van der Waals surface area contributed by atoms with Crippen molar-refractivity contribution < 1.29 is 32.4 Å². The van der Waals surface area contributed by atoms with Crippen molar-refractivity contribution in [1.29, 1.82) is 0 Å². The molecule has 2 saturated heterocycles. The Morgan fingerprint density at radius 2 is 1.52 bits per heavy atom. The second-order valence-corrected chi connectivity index (χ2v) is 22.4. The zero-order valence-corrected chi connectivity index (χ0v) is 37.6. The van der Waals surface area contributed by atoms with E-state index in [1.807, 2.05) is 20.8 Å². The van der Waals surface area contributed by atoms with E-state index in [2.05, 4.69) is 59.8 Å². The number of benzene rings is 1. The van der Waals surface area contributed by atoms with E-state index in [9.17, 15) is 27.6 Å². The molecule has 6 fully saturated rings. The molecule has 7 atom stereocenters. The Morgan fingerprint density at radius 3 is 2.07 bits per heavy atom. The molecule has 2 spiro atoms. The van der Waals surface area contributed by atoms with Crippen LogP contribution in [0.15, 0.2) is 47.9 Å². The molecule has 1 aromatic rings. The van der Waals surface area contributed by atoms with Crippen molar-refractivity contribution in [3.05, 3.63) is 43.0 Å². The first kappa shape index (κ1) is 44.3. The van der Waals surface area contributed by atoms with Gasteiger partial charge >= 0.3 is 0 Å². The smallest absolute Gasteiger partial charge is 0.264 e. The van der Waals surface area contributed by atoms with Crippen molar-refractivity contribution >= 4 is 39.6 Å². The van der Waals surface area contributed by atoms with E-state index >= 15 is 4.79 Å². The van der Waals surface area contributed by atoms with Crippen LogP contribution in [-0.2, 0) is 34.0 Å². The number of amides is 5. The van der Waals surface area contributed by atoms with Gasteiger partial charge in [0.1, 0.15) is 23.7 Å². The van der Waals surface area contributed by atoms with E-state index in [1.165, 1.54) is 12.1 Å². The number of likely N-dealkylation sites (tertiary alicyclic amines) is 2. The molecule has 6 aliphatic rings. The van der Waals surface area contributed by atoms with Crippen LogP contribution in [0.3, 0.4) is 0 Å². The van der Waals surface area contributed by atoms with Crippen LogP contribution in [0.1, 0.15) is 126 Å². The highest BCUT2D eigenvalue weighted by Crippen LogP contribution is 2.88. The summed E-state index contributed by atoms with van der Waals surface area (Å²) in [7, 11) is -4.24. The summed E-state index contributed by atoms with van der Waals surface area (Å²) in [6, 6.07) is 4.62. The van der Waals surface area contributed by atoms with Gasteiger partial charge in [-0.15, -0.1) is 6.58 Å². The quantitative estimate of drug-likeness (QED) is 0.205. The van der Waals surface area contributed by atoms with E-state index < -0.39 is 62.7 Å². The molecule has 330 valence electrons. The number of carbonyl (C=O) groups excluding carboxylic acids is 5. The number of sulfonamides is 1. The topological polar surface area (TPSA) is 174 Å². The van der Waals surface area contributed by atoms with Gasteiger partial charge in [-0.05, 0) is 106 Å². The minimum Gasteiger partial charge on any atom is -0.343 e. The van der Waals surface area contributed by atoms with Crippen molar-refractivity contribution in [2.75, 3.05) is 13.1 Å². The summed E-state index contributed by atoms with van der Waals surface area (Å²) in [5, 5.41) is 9.26. The number of rotatable bonds is 13. The van der Waals surface area contributed by atoms with Crippen LogP contribution in [0.4, 0.5) is 0 Å². The second kappa shape index (κ2) is 15.8. The molecule has 4 aliphatic carbocycles. The Hall–Kier alpha value is -3.78. The zero-order valence-electron chi connectivity index (χ0n) is 36.8. The number of nitrogens with zero attached hydrogens (tertiary/aromatic N) is 2. The third-order valence-electron chi connectivity index (χ3n) is 16.1. The molecule has 4 saturated carbocycles. The van der Waals surface area contributed by atoms with Gasteiger partial charge in [-0.1, -0.05) is 84.6 Å². The van der Waals surface area contributed by atoms with Crippen LogP contribution in [0.5, 0.6) is 0 Å². The molecule has 14 heteroatoms. The average molecular weight is 849 g/mol. The number of hydrogen-bond acceptors (Lipinski definition) is 8. The first-order chi connectivity index (χ1) is 28.2. The Kier molecular flexibility index (Phi) is 11.7. The van der Waals surface area contributed by atoms with Gasteiger partial charge in [-0.3, -0.25) is 28.9 Å². The predicted octanol–water partition coefficient (Wildman–Crippen LogP) is 4.82. The zero-order chi connectivity index (χ0) is 43.6. The minimum atomic E-state index is -4.24. The minimum absolute atomic E-state index is 0.0312. The van der Waals surface area contributed by atoms with Crippen LogP contribution in [0.2, 0.25) is 0 Å². The maximum Gasteiger partial charge on any atom is 0.264 e. The van der Waals surface area contributed by atoms with Gasteiger partial charge in [-0.25, -0.2) is 13.1 Å². The van der Waals surface area contributed by atoms with Gasteiger partial charge in [0.2, 0.25) is 23.6 Å². The van der Waals surface area contributed by atoms with Crippen LogP contribution in [0, 0.1) is 33.5 Å². The number of fused-ring (bicyclic) bond motifs is 1. The lowest BCUT2D eigenvalue weighted by Gasteiger charge is -2.38. The molecule has 7 rings (SSSR count). The highest BCUT2D eigenvalue weighted by molar-refractivity contribution is 7.90. The van der Waals surface area contributed by atoms with E-state index in [1.54, 1.807) is 29.2 Å². The third-order valence-corrected chi connectivity index (χ3v) is 17.4. The molecule has 5 amide bonds. The summed E-state index contributed by atoms with van der Waals surface area (Å²) in [4.78, 5) is 76.3. The molecule has 0 radical (unpaired) electrons. The van der Waals surface area contributed by atoms with Gasteiger partial charge in [0, 0.05) is 23.9 Å². The maximum atomic E-state index is 15.3. The van der Waals surface area contributed by atoms with Crippen LogP contribution in [-0.4, -0.2) is 96.6 Å². The summed E-state index contributed by atoms with van der Waals surface area (Å²) < 4.78 is 28.7. The predicted molar refractivity (Wildman–Crippen MR) is 228 cm³/mol. The van der Waals surface area contributed by atoms with Crippen molar-refractivity contribution in [3.8, 4) is 0 Å². The number of hydrogen-bond donors (Lipinski definition) is 4. The monoisotopic (exact) mass is 848 g/mol. The summed E-state index contributed by atoms with van der Waals surface area (Å²) in [5.74, 6) is -2.92. The van der Waals surface area contributed by atoms with E-state index in [0.29, 0.717) is 13.0 Å². The summed E-state index contributed by atoms with van der Waals surface area (Å²) in [6.45, 7) is 19.3. The summed E-state index contributed by atoms with van der Waals surface area (Å²) >= 11 is 0. The fraction of sp³-hybridized carbons (Fsp3) is 0.717. The van der Waals surface area contributed by atoms with Crippen molar-refractivity contribution in [1.82, 2.24) is 30.5 Å². The molecule has 2 heterocycles. The van der Waals surface area contributed by atoms with E-state index in [4.69, 9.17) is 0 Å². The van der Waals surface area contributed by atoms with Gasteiger partial charge in [-0.2, -0.15) is 0 Å². The average Bonchev–Trinajstić information content (AvgIpc) is 3.68. The highest BCUT2D eigenvalue weighted by Gasteiger charge is 2.85. The maximum absolute atomic E-state index is 15.3. The first-order valence-electron chi connectivity index (χ1n) is 22.4. The molecular formula is C46H68N6O7S.